The first-order valence-electron chi connectivity index (χ1n) is 5.35. The van der Waals surface area contributed by atoms with Crippen molar-refractivity contribution in [1.29, 1.82) is 0 Å². The molecule has 0 fully saturated rings. The van der Waals surface area contributed by atoms with Crippen molar-refractivity contribution in [3.05, 3.63) is 34.9 Å². The van der Waals surface area contributed by atoms with Crippen molar-refractivity contribution in [2.45, 2.75) is 26.2 Å². The zero-order valence-electron chi connectivity index (χ0n) is 9.06. The molecule has 0 aliphatic carbocycles. The van der Waals surface area contributed by atoms with Gasteiger partial charge < -0.3 is 0 Å². The van der Waals surface area contributed by atoms with E-state index < -0.39 is 5.91 Å². The Hall–Kier alpha value is -1.26. The van der Waals surface area contributed by atoms with Crippen LogP contribution in [0.4, 0.5) is 0 Å². The molecule has 16 heavy (non-hydrogen) atoms. The van der Waals surface area contributed by atoms with E-state index in [9.17, 15) is 10.0 Å². The average Bonchev–Trinajstić information content (AvgIpc) is 2.52. The predicted molar refractivity (Wildman–Crippen MR) is 64.7 cm³/mol. The Kier molecular flexibility index (Phi) is 3.03. The van der Waals surface area contributed by atoms with Crippen LogP contribution in [0.1, 0.15) is 41.3 Å². The smallest absolute Gasteiger partial charge is 0.280 e. The first-order valence-corrected chi connectivity index (χ1v) is 5.76. The van der Waals surface area contributed by atoms with Crippen molar-refractivity contribution in [2.75, 3.05) is 0 Å². The molecule has 0 saturated heterocycles. The van der Waals surface area contributed by atoms with E-state index in [0.29, 0.717) is 16.2 Å². The topological polar surface area (TPSA) is 40.5 Å². The second-order valence-electron chi connectivity index (χ2n) is 3.91. The summed E-state index contributed by atoms with van der Waals surface area (Å²) in [6.45, 7) is 2.13. The van der Waals surface area contributed by atoms with Gasteiger partial charge in [0, 0.05) is 5.56 Å². The number of nitrogens with zero attached hydrogens (tertiary/aromatic N) is 1. The van der Waals surface area contributed by atoms with E-state index in [-0.39, 0.29) is 4.99 Å². The number of benzene rings is 1. The van der Waals surface area contributed by atoms with Gasteiger partial charge in [0.05, 0.1) is 5.56 Å². The average molecular weight is 235 g/mol. The number of rotatable bonds is 3. The molecule has 3 nitrogen and oxygen atoms in total. The number of aryl methyl sites for hydroxylation is 1. The van der Waals surface area contributed by atoms with Gasteiger partial charge in [0.2, 0.25) is 0 Å². The van der Waals surface area contributed by atoms with Crippen molar-refractivity contribution < 1.29 is 10.0 Å². The molecule has 1 aliphatic heterocycles. The Morgan fingerprint density at radius 3 is 2.81 bits per heavy atom. The monoisotopic (exact) mass is 235 g/mol. The van der Waals surface area contributed by atoms with E-state index in [2.05, 4.69) is 6.92 Å². The molecule has 1 aromatic rings. The van der Waals surface area contributed by atoms with Crippen LogP contribution in [0.3, 0.4) is 0 Å². The molecule has 0 bridgehead atoms. The first kappa shape index (κ1) is 11.2. The Balaban J connectivity index is 2.34. The highest BCUT2D eigenvalue weighted by atomic mass is 32.1. The fourth-order valence-electron chi connectivity index (χ4n) is 1.81. The van der Waals surface area contributed by atoms with Crippen molar-refractivity contribution in [3.63, 3.8) is 0 Å². The molecule has 1 N–H and O–H groups in total. The molecule has 1 heterocycles. The number of hydrogen-bond donors (Lipinski definition) is 1. The second-order valence-corrected chi connectivity index (χ2v) is 4.29. The molecule has 84 valence electrons. The van der Waals surface area contributed by atoms with Crippen molar-refractivity contribution >= 4 is 23.1 Å². The third-order valence-corrected chi connectivity index (χ3v) is 3.14. The Labute approximate surface area is 99.6 Å². The molecule has 0 spiro atoms. The Morgan fingerprint density at radius 1 is 1.38 bits per heavy atom. The standard InChI is InChI=1S/C12H13NO2S/c1-2-3-4-8-5-6-9-10(7-8)11(14)13(15)12(9)16/h5-7,15H,2-4H2,1H3. The number of hydrogen-bond acceptors (Lipinski definition) is 3. The molecule has 1 amide bonds. The maximum atomic E-state index is 11.6. The normalized spacial score (nSPS) is 14.5. The van der Waals surface area contributed by atoms with Crippen LogP contribution < -0.4 is 0 Å². The van der Waals surface area contributed by atoms with E-state index in [1.165, 1.54) is 0 Å². The molecule has 0 aromatic heterocycles. The van der Waals surface area contributed by atoms with Crippen molar-refractivity contribution in [1.82, 2.24) is 5.06 Å². The molecule has 2 rings (SSSR count). The lowest BCUT2D eigenvalue weighted by Crippen LogP contribution is -2.24. The number of thiocarbonyl (C=S) groups is 1. The van der Waals surface area contributed by atoms with Crippen LogP contribution in [-0.2, 0) is 6.42 Å². The molecule has 0 saturated carbocycles. The van der Waals surface area contributed by atoms with Gasteiger partial charge in [0.25, 0.3) is 5.91 Å². The van der Waals surface area contributed by atoms with Crippen LogP contribution in [0.2, 0.25) is 0 Å². The summed E-state index contributed by atoms with van der Waals surface area (Å²) < 4.78 is 0. The first-order chi connectivity index (χ1) is 7.65. The van der Waals surface area contributed by atoms with Crippen LogP contribution >= 0.6 is 12.2 Å². The summed E-state index contributed by atoms with van der Waals surface area (Å²) in [6.07, 6.45) is 3.17. The van der Waals surface area contributed by atoms with E-state index in [1.807, 2.05) is 18.2 Å². The highest BCUT2D eigenvalue weighted by Crippen LogP contribution is 2.23. The van der Waals surface area contributed by atoms with Crippen LogP contribution in [-0.4, -0.2) is 21.2 Å². The van der Waals surface area contributed by atoms with E-state index in [4.69, 9.17) is 12.2 Å². The number of fused-ring (bicyclic) bond motifs is 1. The molecule has 0 radical (unpaired) electrons. The third-order valence-electron chi connectivity index (χ3n) is 2.75. The quantitative estimate of drug-likeness (QED) is 0.646. The van der Waals surface area contributed by atoms with E-state index in [1.54, 1.807) is 0 Å². The lowest BCUT2D eigenvalue weighted by molar-refractivity contribution is 0.00253. The zero-order chi connectivity index (χ0) is 11.7. The maximum Gasteiger partial charge on any atom is 0.283 e. The van der Waals surface area contributed by atoms with Gasteiger partial charge in [-0.05, 0) is 24.5 Å². The summed E-state index contributed by atoms with van der Waals surface area (Å²) in [6, 6.07) is 5.61. The van der Waals surface area contributed by atoms with Gasteiger partial charge in [-0.3, -0.25) is 10.0 Å². The molecule has 0 unspecified atom stereocenters. The second kappa shape index (κ2) is 4.31. The fraction of sp³-hybridized carbons (Fsp3) is 0.333. The van der Waals surface area contributed by atoms with E-state index in [0.717, 1.165) is 24.8 Å². The van der Waals surface area contributed by atoms with E-state index >= 15 is 0 Å². The number of carbonyl (C=O) groups is 1. The Bertz CT molecular complexity index is 456. The van der Waals surface area contributed by atoms with Gasteiger partial charge in [-0.2, -0.15) is 5.06 Å². The minimum Gasteiger partial charge on any atom is -0.280 e. The van der Waals surface area contributed by atoms with Gasteiger partial charge in [-0.25, -0.2) is 0 Å². The number of hydroxylamine groups is 2. The van der Waals surface area contributed by atoms with Crippen molar-refractivity contribution in [3.8, 4) is 0 Å². The van der Waals surface area contributed by atoms with Crippen LogP contribution in [0.5, 0.6) is 0 Å². The SMILES string of the molecule is CCCCc1ccc2c(c1)C(=O)N(O)C2=S. The minimum absolute atomic E-state index is 0.196. The lowest BCUT2D eigenvalue weighted by atomic mass is 10.0. The summed E-state index contributed by atoms with van der Waals surface area (Å²) in [5.74, 6) is -0.418. The number of carbonyl (C=O) groups excluding carboxylic acids is 1. The number of amides is 1. The molecule has 0 atom stereocenters. The molecule has 1 aliphatic rings. The van der Waals surface area contributed by atoms with Gasteiger partial charge in [-0.15, -0.1) is 0 Å². The number of unbranched alkanes of at least 4 members (excludes halogenated alkanes) is 1. The van der Waals surface area contributed by atoms with Gasteiger partial charge in [-0.1, -0.05) is 37.7 Å². The van der Waals surface area contributed by atoms with Gasteiger partial charge in [0.1, 0.15) is 4.99 Å². The summed E-state index contributed by atoms with van der Waals surface area (Å²) in [5, 5.41) is 9.94. The zero-order valence-corrected chi connectivity index (χ0v) is 9.88. The molecule has 4 heteroatoms. The summed E-state index contributed by atoms with van der Waals surface area (Å²) in [5.41, 5.74) is 2.29. The fourth-order valence-corrected chi connectivity index (χ4v) is 2.07. The van der Waals surface area contributed by atoms with Gasteiger partial charge in [0.15, 0.2) is 0 Å². The van der Waals surface area contributed by atoms with Crippen LogP contribution in [0.25, 0.3) is 0 Å². The predicted octanol–water partition coefficient (Wildman–Crippen LogP) is 2.55. The molecular weight excluding hydrogens is 222 g/mol. The largest absolute Gasteiger partial charge is 0.283 e. The Morgan fingerprint density at radius 2 is 2.12 bits per heavy atom. The highest BCUT2D eigenvalue weighted by Gasteiger charge is 2.31. The van der Waals surface area contributed by atoms with Crippen LogP contribution in [0, 0.1) is 0 Å². The van der Waals surface area contributed by atoms with Crippen molar-refractivity contribution in [2.24, 2.45) is 0 Å². The third kappa shape index (κ3) is 1.74. The molecular formula is C12H13NO2S. The summed E-state index contributed by atoms with van der Waals surface area (Å²) in [4.78, 5) is 11.8. The maximum absolute atomic E-state index is 11.6. The lowest BCUT2D eigenvalue weighted by Gasteiger charge is -2.03. The summed E-state index contributed by atoms with van der Waals surface area (Å²) in [7, 11) is 0. The molecule has 1 aromatic carbocycles. The van der Waals surface area contributed by atoms with Crippen LogP contribution in [0.15, 0.2) is 18.2 Å². The minimum atomic E-state index is -0.418. The summed E-state index contributed by atoms with van der Waals surface area (Å²) >= 11 is 4.96. The van der Waals surface area contributed by atoms with Gasteiger partial charge >= 0.3 is 0 Å². The highest BCUT2D eigenvalue weighted by molar-refractivity contribution is 7.80.